The number of halogens is 2. The highest BCUT2D eigenvalue weighted by Crippen LogP contribution is 2.29. The molecule has 0 saturated carbocycles. The van der Waals surface area contributed by atoms with Crippen LogP contribution in [0.1, 0.15) is 24.3 Å². The first-order valence-corrected chi connectivity index (χ1v) is 7.39. The zero-order valence-electron chi connectivity index (χ0n) is 8.88. The van der Waals surface area contributed by atoms with Crippen LogP contribution in [-0.2, 0) is 0 Å². The average Bonchev–Trinajstić information content (AvgIpc) is 2.26. The Bertz CT molecular complexity index is 289. The average molecular weight is 263 g/mol. The molecule has 0 aromatic heterocycles. The number of hydrogen-bond acceptors (Lipinski definition) is 1. The van der Waals surface area contributed by atoms with Gasteiger partial charge < -0.3 is 0 Å². The molecule has 0 aliphatic carbocycles. The van der Waals surface area contributed by atoms with E-state index in [4.69, 9.17) is 23.2 Å². The van der Waals surface area contributed by atoms with Crippen molar-refractivity contribution >= 4 is 35.0 Å². The van der Waals surface area contributed by atoms with Crippen molar-refractivity contribution in [1.29, 1.82) is 0 Å². The molecule has 1 aromatic carbocycles. The predicted molar refractivity (Wildman–Crippen MR) is 72.5 cm³/mol. The van der Waals surface area contributed by atoms with Gasteiger partial charge in [0.25, 0.3) is 0 Å². The molecule has 0 heterocycles. The fraction of sp³-hybridized carbons (Fsp3) is 0.500. The Morgan fingerprint density at radius 2 is 2.07 bits per heavy atom. The Balaban J connectivity index is 2.61. The van der Waals surface area contributed by atoms with Crippen LogP contribution in [0.25, 0.3) is 0 Å². The summed E-state index contributed by atoms with van der Waals surface area (Å²) in [5.74, 6) is 2.24. The first-order valence-electron chi connectivity index (χ1n) is 5.09. The summed E-state index contributed by atoms with van der Waals surface area (Å²) < 4.78 is 0. The smallest absolute Gasteiger partial charge is 0.0441 e. The van der Waals surface area contributed by atoms with Crippen molar-refractivity contribution in [3.05, 3.63) is 34.9 Å². The SMILES string of the molecule is CSCCCC(CCl)c1ccccc1Cl. The molecule has 0 bridgehead atoms. The molecule has 1 rings (SSSR count). The minimum Gasteiger partial charge on any atom is -0.165 e. The van der Waals surface area contributed by atoms with E-state index in [-0.39, 0.29) is 0 Å². The van der Waals surface area contributed by atoms with E-state index in [1.54, 1.807) is 0 Å². The molecule has 0 aliphatic heterocycles. The van der Waals surface area contributed by atoms with Crippen LogP contribution in [0.3, 0.4) is 0 Å². The maximum Gasteiger partial charge on any atom is 0.0441 e. The molecule has 84 valence electrons. The lowest BCUT2D eigenvalue weighted by Crippen LogP contribution is -2.02. The summed E-state index contributed by atoms with van der Waals surface area (Å²) in [5, 5.41) is 0.840. The molecule has 1 aromatic rings. The highest BCUT2D eigenvalue weighted by atomic mass is 35.5. The first-order chi connectivity index (χ1) is 7.29. The molecule has 0 fully saturated rings. The van der Waals surface area contributed by atoms with Gasteiger partial charge in [0, 0.05) is 10.9 Å². The molecule has 0 spiro atoms. The van der Waals surface area contributed by atoms with Crippen molar-refractivity contribution in [2.45, 2.75) is 18.8 Å². The van der Waals surface area contributed by atoms with E-state index in [9.17, 15) is 0 Å². The lowest BCUT2D eigenvalue weighted by Gasteiger charge is -2.15. The van der Waals surface area contributed by atoms with Crippen molar-refractivity contribution in [2.75, 3.05) is 17.9 Å². The molecule has 0 nitrogen and oxygen atoms in total. The van der Waals surface area contributed by atoms with Crippen LogP contribution in [0.15, 0.2) is 24.3 Å². The Labute approximate surface area is 106 Å². The fourth-order valence-electron chi connectivity index (χ4n) is 1.60. The van der Waals surface area contributed by atoms with E-state index in [2.05, 4.69) is 12.3 Å². The van der Waals surface area contributed by atoms with Gasteiger partial charge in [-0.05, 0) is 42.4 Å². The summed E-state index contributed by atoms with van der Waals surface area (Å²) in [7, 11) is 0. The normalized spacial score (nSPS) is 12.7. The van der Waals surface area contributed by atoms with Gasteiger partial charge in [-0.3, -0.25) is 0 Å². The van der Waals surface area contributed by atoms with E-state index in [1.165, 1.54) is 17.7 Å². The Kier molecular flexibility index (Phi) is 6.54. The van der Waals surface area contributed by atoms with Crippen LogP contribution in [0.2, 0.25) is 5.02 Å². The summed E-state index contributed by atoms with van der Waals surface area (Å²) in [6.45, 7) is 0. The van der Waals surface area contributed by atoms with Gasteiger partial charge in [0.05, 0.1) is 0 Å². The third-order valence-electron chi connectivity index (χ3n) is 2.43. The summed E-state index contributed by atoms with van der Waals surface area (Å²) in [6, 6.07) is 7.99. The standard InChI is InChI=1S/C12H16Cl2S/c1-15-8-4-5-10(9-13)11-6-2-3-7-12(11)14/h2-3,6-7,10H,4-5,8-9H2,1H3. The number of alkyl halides is 1. The molecule has 1 unspecified atom stereocenters. The highest BCUT2D eigenvalue weighted by Gasteiger charge is 2.12. The van der Waals surface area contributed by atoms with Gasteiger partial charge in [-0.2, -0.15) is 11.8 Å². The topological polar surface area (TPSA) is 0 Å². The second kappa shape index (κ2) is 7.43. The molecule has 0 amide bonds. The van der Waals surface area contributed by atoms with Gasteiger partial charge in [0.2, 0.25) is 0 Å². The molecule has 0 saturated heterocycles. The summed E-state index contributed by atoms with van der Waals surface area (Å²) in [4.78, 5) is 0. The zero-order chi connectivity index (χ0) is 11.1. The number of rotatable bonds is 6. The van der Waals surface area contributed by atoms with Crippen LogP contribution in [-0.4, -0.2) is 17.9 Å². The Morgan fingerprint density at radius 1 is 1.33 bits per heavy atom. The van der Waals surface area contributed by atoms with Gasteiger partial charge in [-0.1, -0.05) is 29.8 Å². The minimum absolute atomic E-state index is 0.396. The molecule has 0 aliphatic rings. The molecular weight excluding hydrogens is 247 g/mol. The van der Waals surface area contributed by atoms with Crippen molar-refractivity contribution in [3.63, 3.8) is 0 Å². The van der Waals surface area contributed by atoms with Crippen LogP contribution in [0.5, 0.6) is 0 Å². The van der Waals surface area contributed by atoms with E-state index in [0.717, 1.165) is 11.4 Å². The van der Waals surface area contributed by atoms with Crippen LogP contribution in [0.4, 0.5) is 0 Å². The molecule has 1 atom stereocenters. The van der Waals surface area contributed by atoms with Gasteiger partial charge in [0.15, 0.2) is 0 Å². The molecule has 3 heteroatoms. The van der Waals surface area contributed by atoms with Crippen molar-refractivity contribution in [3.8, 4) is 0 Å². The van der Waals surface area contributed by atoms with E-state index >= 15 is 0 Å². The maximum atomic E-state index is 6.15. The van der Waals surface area contributed by atoms with E-state index in [1.807, 2.05) is 30.0 Å². The largest absolute Gasteiger partial charge is 0.165 e. The minimum atomic E-state index is 0.396. The Hall–Kier alpha value is 0.150. The summed E-state index contributed by atoms with van der Waals surface area (Å²) in [5.41, 5.74) is 1.19. The lowest BCUT2D eigenvalue weighted by atomic mass is 9.96. The van der Waals surface area contributed by atoms with Crippen molar-refractivity contribution in [1.82, 2.24) is 0 Å². The highest BCUT2D eigenvalue weighted by molar-refractivity contribution is 7.98. The van der Waals surface area contributed by atoms with Crippen molar-refractivity contribution in [2.24, 2.45) is 0 Å². The first kappa shape index (κ1) is 13.2. The lowest BCUT2D eigenvalue weighted by molar-refractivity contribution is 0.675. The third kappa shape index (κ3) is 4.26. The molecule has 0 radical (unpaired) electrons. The zero-order valence-corrected chi connectivity index (χ0v) is 11.2. The summed E-state index contributed by atoms with van der Waals surface area (Å²) >= 11 is 14.0. The fourth-order valence-corrected chi connectivity index (χ4v) is 2.66. The Morgan fingerprint density at radius 3 is 2.67 bits per heavy atom. The van der Waals surface area contributed by atoms with Gasteiger partial charge in [-0.15, -0.1) is 11.6 Å². The predicted octanol–water partition coefficient (Wildman–Crippen LogP) is 4.81. The number of benzene rings is 1. The van der Waals surface area contributed by atoms with E-state index < -0.39 is 0 Å². The molecule has 0 N–H and O–H groups in total. The van der Waals surface area contributed by atoms with Crippen molar-refractivity contribution < 1.29 is 0 Å². The molecule has 15 heavy (non-hydrogen) atoms. The van der Waals surface area contributed by atoms with Crippen LogP contribution >= 0.6 is 35.0 Å². The van der Waals surface area contributed by atoms with Crippen LogP contribution < -0.4 is 0 Å². The second-order valence-electron chi connectivity index (χ2n) is 3.51. The number of hydrogen-bond donors (Lipinski definition) is 0. The van der Waals surface area contributed by atoms with E-state index in [0.29, 0.717) is 11.8 Å². The monoisotopic (exact) mass is 262 g/mol. The second-order valence-corrected chi connectivity index (χ2v) is 5.21. The van der Waals surface area contributed by atoms with Gasteiger partial charge in [0.1, 0.15) is 0 Å². The molecular formula is C12H16Cl2S. The number of thioether (sulfide) groups is 1. The third-order valence-corrected chi connectivity index (χ3v) is 3.85. The quantitative estimate of drug-likeness (QED) is 0.524. The van der Waals surface area contributed by atoms with Gasteiger partial charge in [-0.25, -0.2) is 0 Å². The summed E-state index contributed by atoms with van der Waals surface area (Å²) in [6.07, 6.45) is 4.45. The maximum absolute atomic E-state index is 6.15. The van der Waals surface area contributed by atoms with Gasteiger partial charge >= 0.3 is 0 Å². The van der Waals surface area contributed by atoms with Crippen LogP contribution in [0, 0.1) is 0 Å².